The minimum Gasteiger partial charge on any atom is -0.497 e. The van der Waals surface area contributed by atoms with Crippen LogP contribution in [0.25, 0.3) is 16.6 Å². The topological polar surface area (TPSA) is 64.1 Å². The van der Waals surface area contributed by atoms with Crippen molar-refractivity contribution in [1.82, 2.24) is 9.55 Å². The quantitative estimate of drug-likeness (QED) is 0.790. The van der Waals surface area contributed by atoms with Crippen LogP contribution in [0.3, 0.4) is 0 Å². The number of benzene rings is 2. The van der Waals surface area contributed by atoms with E-state index < -0.39 is 11.2 Å². The van der Waals surface area contributed by atoms with Gasteiger partial charge in [0.2, 0.25) is 0 Å². The number of aromatic amines is 1. The first kappa shape index (κ1) is 13.5. The summed E-state index contributed by atoms with van der Waals surface area (Å²) in [7, 11) is 1.52. The summed E-state index contributed by atoms with van der Waals surface area (Å²) >= 11 is 5.92. The number of aromatic nitrogens is 2. The molecule has 5 nitrogen and oxygen atoms in total. The molecule has 6 heteroatoms. The highest BCUT2D eigenvalue weighted by atomic mass is 35.5. The van der Waals surface area contributed by atoms with E-state index in [-0.39, 0.29) is 0 Å². The minimum atomic E-state index is -0.511. The van der Waals surface area contributed by atoms with Crippen molar-refractivity contribution in [3.05, 3.63) is 68.3 Å². The van der Waals surface area contributed by atoms with Crippen LogP contribution in [0, 0.1) is 0 Å². The molecule has 1 heterocycles. The molecule has 0 unspecified atom stereocenters. The fourth-order valence-corrected chi connectivity index (χ4v) is 2.34. The molecule has 0 aliphatic carbocycles. The van der Waals surface area contributed by atoms with Crippen LogP contribution in [0.5, 0.6) is 5.75 Å². The molecule has 0 bridgehead atoms. The number of H-pyrrole nitrogens is 1. The highest BCUT2D eigenvalue weighted by molar-refractivity contribution is 6.31. The van der Waals surface area contributed by atoms with E-state index in [4.69, 9.17) is 16.3 Å². The summed E-state index contributed by atoms with van der Waals surface area (Å²) in [6, 6.07) is 11.5. The van der Waals surface area contributed by atoms with Crippen molar-refractivity contribution >= 4 is 22.5 Å². The monoisotopic (exact) mass is 302 g/mol. The second kappa shape index (κ2) is 5.10. The Labute approximate surface area is 124 Å². The molecule has 0 saturated carbocycles. The predicted molar refractivity (Wildman–Crippen MR) is 81.7 cm³/mol. The van der Waals surface area contributed by atoms with Crippen LogP contribution in [-0.2, 0) is 0 Å². The van der Waals surface area contributed by atoms with Crippen LogP contribution >= 0.6 is 11.6 Å². The second-order valence-electron chi connectivity index (χ2n) is 4.46. The number of nitrogens with zero attached hydrogens (tertiary/aromatic N) is 1. The van der Waals surface area contributed by atoms with Crippen molar-refractivity contribution in [3.8, 4) is 11.4 Å². The van der Waals surface area contributed by atoms with Gasteiger partial charge in [-0.1, -0.05) is 17.7 Å². The lowest BCUT2D eigenvalue weighted by atomic mass is 10.2. The zero-order chi connectivity index (χ0) is 15.0. The Morgan fingerprint density at radius 3 is 2.71 bits per heavy atom. The molecule has 106 valence electrons. The van der Waals surface area contributed by atoms with Crippen LogP contribution in [0.1, 0.15) is 0 Å². The Bertz CT molecular complexity index is 944. The van der Waals surface area contributed by atoms with Crippen LogP contribution in [0.2, 0.25) is 5.02 Å². The number of rotatable bonds is 2. The van der Waals surface area contributed by atoms with Gasteiger partial charge < -0.3 is 9.72 Å². The standard InChI is InChI=1S/C15H11ClN2O3/c1-21-11-4-2-3-10(8-11)18-14(19)12-7-9(16)5-6-13(12)17-15(18)20/h2-8H,1H3,(H,17,20). The molecule has 0 saturated heterocycles. The molecule has 0 amide bonds. The van der Waals surface area contributed by atoms with Crippen molar-refractivity contribution in [2.75, 3.05) is 7.11 Å². The maximum Gasteiger partial charge on any atom is 0.333 e. The van der Waals surface area contributed by atoms with Crippen molar-refractivity contribution in [2.24, 2.45) is 0 Å². The van der Waals surface area contributed by atoms with Gasteiger partial charge in [0.05, 0.1) is 23.7 Å². The van der Waals surface area contributed by atoms with Crippen LogP contribution in [-0.4, -0.2) is 16.7 Å². The van der Waals surface area contributed by atoms with Gasteiger partial charge in [0.15, 0.2) is 0 Å². The maximum atomic E-state index is 12.5. The fourth-order valence-electron chi connectivity index (χ4n) is 2.17. The highest BCUT2D eigenvalue weighted by Crippen LogP contribution is 2.16. The molecule has 0 aliphatic heterocycles. The first-order valence-electron chi connectivity index (χ1n) is 6.19. The minimum absolute atomic E-state index is 0.352. The van der Waals surface area contributed by atoms with E-state index in [0.717, 1.165) is 4.57 Å². The van der Waals surface area contributed by atoms with Gasteiger partial charge >= 0.3 is 5.69 Å². The zero-order valence-corrected chi connectivity index (χ0v) is 11.8. The smallest absolute Gasteiger partial charge is 0.333 e. The van der Waals surface area contributed by atoms with E-state index in [0.29, 0.717) is 27.4 Å². The van der Waals surface area contributed by atoms with Crippen molar-refractivity contribution in [1.29, 1.82) is 0 Å². The van der Waals surface area contributed by atoms with Gasteiger partial charge in [-0.3, -0.25) is 4.79 Å². The number of halogens is 1. The summed E-state index contributed by atoms with van der Waals surface area (Å²) in [5, 5.41) is 0.786. The third-order valence-electron chi connectivity index (χ3n) is 3.17. The van der Waals surface area contributed by atoms with Crippen molar-refractivity contribution in [2.45, 2.75) is 0 Å². The Kier molecular flexibility index (Phi) is 3.27. The molecule has 0 aliphatic rings. The van der Waals surface area contributed by atoms with Gasteiger partial charge in [-0.2, -0.15) is 0 Å². The number of methoxy groups -OCH3 is 1. The third kappa shape index (κ3) is 2.32. The second-order valence-corrected chi connectivity index (χ2v) is 4.90. The third-order valence-corrected chi connectivity index (χ3v) is 3.41. The first-order valence-corrected chi connectivity index (χ1v) is 6.57. The van der Waals surface area contributed by atoms with E-state index in [1.165, 1.54) is 13.2 Å². The lowest BCUT2D eigenvalue weighted by molar-refractivity contribution is 0.414. The van der Waals surface area contributed by atoms with E-state index in [1.54, 1.807) is 36.4 Å². The van der Waals surface area contributed by atoms with Gasteiger partial charge in [0.1, 0.15) is 5.75 Å². The van der Waals surface area contributed by atoms with Crippen LogP contribution < -0.4 is 16.0 Å². The Hall–Kier alpha value is -2.53. The molecule has 3 rings (SSSR count). The molecule has 21 heavy (non-hydrogen) atoms. The Balaban J connectivity index is 2.37. The molecule has 0 radical (unpaired) electrons. The molecule has 1 N–H and O–H groups in total. The fraction of sp³-hybridized carbons (Fsp3) is 0.0667. The Morgan fingerprint density at radius 2 is 1.95 bits per heavy atom. The molecule has 1 aromatic heterocycles. The summed E-state index contributed by atoms with van der Waals surface area (Å²) in [4.78, 5) is 27.4. The molecular weight excluding hydrogens is 292 g/mol. The van der Waals surface area contributed by atoms with E-state index in [9.17, 15) is 9.59 Å². The number of fused-ring (bicyclic) bond motifs is 1. The highest BCUT2D eigenvalue weighted by Gasteiger charge is 2.10. The van der Waals surface area contributed by atoms with Gasteiger partial charge in [-0.05, 0) is 30.3 Å². The summed E-state index contributed by atoms with van der Waals surface area (Å²) in [5.41, 5.74) is -0.0522. The SMILES string of the molecule is COc1cccc(-n2c(=O)[nH]c3ccc(Cl)cc3c2=O)c1. The molecule has 0 fully saturated rings. The molecule has 3 aromatic rings. The van der Waals surface area contributed by atoms with E-state index in [1.807, 2.05) is 0 Å². The van der Waals surface area contributed by atoms with Gasteiger partial charge in [0, 0.05) is 11.1 Å². The number of hydrogen-bond donors (Lipinski definition) is 1. The largest absolute Gasteiger partial charge is 0.497 e. The Morgan fingerprint density at radius 1 is 1.14 bits per heavy atom. The van der Waals surface area contributed by atoms with Gasteiger partial charge in [-0.25, -0.2) is 9.36 Å². The lowest BCUT2D eigenvalue weighted by Gasteiger charge is -2.08. The summed E-state index contributed by atoms with van der Waals surface area (Å²) in [6.07, 6.45) is 0. The summed E-state index contributed by atoms with van der Waals surface area (Å²) in [5.74, 6) is 0.560. The summed E-state index contributed by atoms with van der Waals surface area (Å²) < 4.78 is 6.17. The maximum absolute atomic E-state index is 12.5. The van der Waals surface area contributed by atoms with Crippen LogP contribution in [0.4, 0.5) is 0 Å². The normalized spacial score (nSPS) is 10.8. The predicted octanol–water partition coefficient (Wildman–Crippen LogP) is 2.34. The number of ether oxygens (including phenoxy) is 1. The number of hydrogen-bond acceptors (Lipinski definition) is 3. The lowest BCUT2D eigenvalue weighted by Crippen LogP contribution is -2.33. The van der Waals surface area contributed by atoms with Crippen LogP contribution in [0.15, 0.2) is 52.1 Å². The van der Waals surface area contributed by atoms with Crippen molar-refractivity contribution < 1.29 is 4.74 Å². The van der Waals surface area contributed by atoms with Gasteiger partial charge in [0.25, 0.3) is 5.56 Å². The van der Waals surface area contributed by atoms with E-state index >= 15 is 0 Å². The zero-order valence-electron chi connectivity index (χ0n) is 11.1. The first-order chi connectivity index (χ1) is 10.1. The average Bonchev–Trinajstić information content (AvgIpc) is 2.48. The molecule has 0 spiro atoms. The average molecular weight is 303 g/mol. The molecule has 2 aromatic carbocycles. The van der Waals surface area contributed by atoms with E-state index in [2.05, 4.69) is 4.98 Å². The molecule has 0 atom stereocenters. The summed E-state index contributed by atoms with van der Waals surface area (Å²) in [6.45, 7) is 0. The van der Waals surface area contributed by atoms with Gasteiger partial charge in [-0.15, -0.1) is 0 Å². The molecular formula is C15H11ClN2O3. The number of nitrogens with one attached hydrogen (secondary N) is 1. The van der Waals surface area contributed by atoms with Crippen molar-refractivity contribution in [3.63, 3.8) is 0 Å².